The van der Waals surface area contributed by atoms with Crippen LogP contribution in [-0.2, 0) is 10.0 Å². The van der Waals surface area contributed by atoms with Crippen molar-refractivity contribution in [3.05, 3.63) is 17.5 Å². The van der Waals surface area contributed by atoms with Gasteiger partial charge in [-0.3, -0.25) is 0 Å². The summed E-state index contributed by atoms with van der Waals surface area (Å²) < 4.78 is 26.3. The molecule has 78 valence electrons. The molecular formula is C9H13NO2S2. The Morgan fingerprint density at radius 3 is 2.86 bits per heavy atom. The third-order valence-electron chi connectivity index (χ3n) is 2.57. The minimum atomic E-state index is -3.23. The molecule has 0 radical (unpaired) electrons. The minimum Gasteiger partial charge on any atom is -0.210 e. The SMILES string of the molecule is C[C@H]1C[C@@H]1CNS(=O)(=O)c1cccs1. The van der Waals surface area contributed by atoms with Crippen molar-refractivity contribution < 1.29 is 8.42 Å². The van der Waals surface area contributed by atoms with E-state index in [0.29, 0.717) is 22.6 Å². The fourth-order valence-corrected chi connectivity index (χ4v) is 3.52. The van der Waals surface area contributed by atoms with E-state index in [-0.39, 0.29) is 0 Å². The van der Waals surface area contributed by atoms with Crippen molar-refractivity contribution in [2.45, 2.75) is 17.6 Å². The van der Waals surface area contributed by atoms with Crippen molar-refractivity contribution in [3.63, 3.8) is 0 Å². The van der Waals surface area contributed by atoms with Gasteiger partial charge in [-0.15, -0.1) is 11.3 Å². The molecule has 3 nitrogen and oxygen atoms in total. The maximum absolute atomic E-state index is 11.6. The summed E-state index contributed by atoms with van der Waals surface area (Å²) in [4.78, 5) is 0. The van der Waals surface area contributed by atoms with Crippen LogP contribution in [0.25, 0.3) is 0 Å². The number of hydrogen-bond donors (Lipinski definition) is 1. The van der Waals surface area contributed by atoms with E-state index in [0.717, 1.165) is 6.42 Å². The molecule has 1 heterocycles. The van der Waals surface area contributed by atoms with Gasteiger partial charge in [-0.05, 0) is 29.7 Å². The third-order valence-corrected chi connectivity index (χ3v) is 5.39. The Morgan fingerprint density at radius 1 is 1.64 bits per heavy atom. The first kappa shape index (κ1) is 10.1. The summed E-state index contributed by atoms with van der Waals surface area (Å²) in [6.45, 7) is 2.73. The number of rotatable bonds is 4. The third kappa shape index (κ3) is 2.16. The second-order valence-electron chi connectivity index (χ2n) is 3.76. The molecule has 1 aromatic heterocycles. The molecule has 0 amide bonds. The Labute approximate surface area is 88.2 Å². The topological polar surface area (TPSA) is 46.2 Å². The zero-order valence-electron chi connectivity index (χ0n) is 7.93. The largest absolute Gasteiger partial charge is 0.250 e. The van der Waals surface area contributed by atoms with Crippen LogP contribution in [-0.4, -0.2) is 15.0 Å². The lowest BCUT2D eigenvalue weighted by atomic mass is 10.3. The van der Waals surface area contributed by atoms with Crippen LogP contribution in [0.1, 0.15) is 13.3 Å². The lowest BCUT2D eigenvalue weighted by molar-refractivity contribution is 0.576. The molecule has 1 saturated carbocycles. The fourth-order valence-electron chi connectivity index (χ4n) is 1.39. The first-order valence-electron chi connectivity index (χ1n) is 4.63. The molecule has 0 saturated heterocycles. The lowest BCUT2D eigenvalue weighted by Gasteiger charge is -2.02. The number of nitrogens with one attached hydrogen (secondary N) is 1. The van der Waals surface area contributed by atoms with Crippen molar-refractivity contribution in [2.75, 3.05) is 6.54 Å². The Kier molecular flexibility index (Phi) is 2.64. The molecule has 1 aliphatic carbocycles. The first-order valence-corrected chi connectivity index (χ1v) is 6.99. The highest BCUT2D eigenvalue weighted by molar-refractivity contribution is 7.91. The van der Waals surface area contributed by atoms with E-state index in [1.165, 1.54) is 11.3 Å². The van der Waals surface area contributed by atoms with Crippen LogP contribution in [0.5, 0.6) is 0 Å². The van der Waals surface area contributed by atoms with E-state index in [4.69, 9.17) is 0 Å². The monoisotopic (exact) mass is 231 g/mol. The van der Waals surface area contributed by atoms with Gasteiger partial charge >= 0.3 is 0 Å². The summed E-state index contributed by atoms with van der Waals surface area (Å²) >= 11 is 1.25. The van der Waals surface area contributed by atoms with Gasteiger partial charge in [0.15, 0.2) is 0 Å². The van der Waals surface area contributed by atoms with E-state index < -0.39 is 10.0 Å². The molecule has 0 bridgehead atoms. The molecule has 0 spiro atoms. The molecule has 1 fully saturated rings. The lowest BCUT2D eigenvalue weighted by Crippen LogP contribution is -2.25. The van der Waals surface area contributed by atoms with Gasteiger partial charge in [0.05, 0.1) is 0 Å². The maximum atomic E-state index is 11.6. The molecule has 1 aliphatic rings. The smallest absolute Gasteiger partial charge is 0.210 e. The molecule has 1 aromatic rings. The molecule has 0 unspecified atom stereocenters. The van der Waals surface area contributed by atoms with Crippen LogP contribution >= 0.6 is 11.3 Å². The highest BCUT2D eigenvalue weighted by atomic mass is 32.2. The fraction of sp³-hybridized carbons (Fsp3) is 0.556. The predicted molar refractivity (Wildman–Crippen MR) is 56.8 cm³/mol. The summed E-state index contributed by atoms with van der Waals surface area (Å²) in [5, 5.41) is 1.77. The van der Waals surface area contributed by atoms with E-state index in [1.54, 1.807) is 17.5 Å². The second-order valence-corrected chi connectivity index (χ2v) is 6.70. The number of hydrogen-bond acceptors (Lipinski definition) is 3. The van der Waals surface area contributed by atoms with Crippen LogP contribution in [0.15, 0.2) is 21.7 Å². The standard InChI is InChI=1S/C9H13NO2S2/c1-7-5-8(7)6-10-14(11,12)9-3-2-4-13-9/h2-4,7-8,10H,5-6H2,1H3/t7-,8+/m0/s1. The Bertz CT molecular complexity index is 396. The summed E-state index contributed by atoms with van der Waals surface area (Å²) in [5.41, 5.74) is 0. The second kappa shape index (κ2) is 3.64. The predicted octanol–water partition coefficient (Wildman–Crippen LogP) is 1.68. The van der Waals surface area contributed by atoms with E-state index in [9.17, 15) is 8.42 Å². The normalized spacial score (nSPS) is 26.4. The van der Waals surface area contributed by atoms with Gasteiger partial charge in [0.25, 0.3) is 0 Å². The average molecular weight is 231 g/mol. The van der Waals surface area contributed by atoms with Crippen molar-refractivity contribution in [2.24, 2.45) is 11.8 Å². The Morgan fingerprint density at radius 2 is 2.36 bits per heavy atom. The Hall–Kier alpha value is -0.390. The quantitative estimate of drug-likeness (QED) is 0.857. The van der Waals surface area contributed by atoms with Crippen LogP contribution in [0, 0.1) is 11.8 Å². The summed E-state index contributed by atoms with van der Waals surface area (Å²) in [7, 11) is -3.23. The van der Waals surface area contributed by atoms with Gasteiger partial charge in [0.2, 0.25) is 10.0 Å². The number of thiophene rings is 1. The molecule has 1 N–H and O–H groups in total. The van der Waals surface area contributed by atoms with Gasteiger partial charge in [-0.2, -0.15) is 0 Å². The molecule has 2 rings (SSSR count). The van der Waals surface area contributed by atoms with E-state index in [2.05, 4.69) is 11.6 Å². The van der Waals surface area contributed by atoms with Gasteiger partial charge in [0.1, 0.15) is 4.21 Å². The molecule has 0 aliphatic heterocycles. The first-order chi connectivity index (χ1) is 6.59. The zero-order chi connectivity index (χ0) is 10.2. The highest BCUT2D eigenvalue weighted by Crippen LogP contribution is 2.37. The molecule has 0 aromatic carbocycles. The van der Waals surface area contributed by atoms with Crippen molar-refractivity contribution in [3.8, 4) is 0 Å². The van der Waals surface area contributed by atoms with Crippen LogP contribution in [0.4, 0.5) is 0 Å². The van der Waals surface area contributed by atoms with Crippen molar-refractivity contribution in [1.29, 1.82) is 0 Å². The summed E-state index contributed by atoms with van der Waals surface area (Å²) in [5.74, 6) is 1.23. The van der Waals surface area contributed by atoms with E-state index in [1.807, 2.05) is 0 Å². The summed E-state index contributed by atoms with van der Waals surface area (Å²) in [6.07, 6.45) is 1.15. The van der Waals surface area contributed by atoms with E-state index >= 15 is 0 Å². The number of sulfonamides is 1. The molecule has 5 heteroatoms. The van der Waals surface area contributed by atoms with Gasteiger partial charge in [-0.1, -0.05) is 13.0 Å². The van der Waals surface area contributed by atoms with Crippen LogP contribution in [0.3, 0.4) is 0 Å². The highest BCUT2D eigenvalue weighted by Gasteiger charge is 2.33. The molecular weight excluding hydrogens is 218 g/mol. The van der Waals surface area contributed by atoms with Crippen LogP contribution < -0.4 is 4.72 Å². The van der Waals surface area contributed by atoms with Crippen LogP contribution in [0.2, 0.25) is 0 Å². The van der Waals surface area contributed by atoms with Gasteiger partial charge < -0.3 is 0 Å². The average Bonchev–Trinajstić information content (AvgIpc) is 2.69. The van der Waals surface area contributed by atoms with Gasteiger partial charge in [0, 0.05) is 6.54 Å². The molecule has 14 heavy (non-hydrogen) atoms. The molecule has 2 atom stereocenters. The van der Waals surface area contributed by atoms with Crippen molar-refractivity contribution >= 4 is 21.4 Å². The maximum Gasteiger partial charge on any atom is 0.250 e. The Balaban J connectivity index is 1.96. The summed E-state index contributed by atoms with van der Waals surface area (Å²) in [6, 6.07) is 3.38. The zero-order valence-corrected chi connectivity index (χ0v) is 9.57. The van der Waals surface area contributed by atoms with Gasteiger partial charge in [-0.25, -0.2) is 13.1 Å². The van der Waals surface area contributed by atoms with Crippen molar-refractivity contribution in [1.82, 2.24) is 4.72 Å². The minimum absolute atomic E-state index is 0.408.